The van der Waals surface area contributed by atoms with Gasteiger partial charge in [0.1, 0.15) is 0 Å². The smallest absolute Gasteiger partial charge is 0.251 e. The van der Waals surface area contributed by atoms with E-state index < -0.39 is 0 Å². The Hall–Kier alpha value is -2.03. The Morgan fingerprint density at radius 1 is 1.12 bits per heavy atom. The number of aromatic nitrogens is 1. The van der Waals surface area contributed by atoms with Crippen molar-refractivity contribution in [2.75, 3.05) is 5.73 Å². The van der Waals surface area contributed by atoms with Crippen molar-refractivity contribution < 1.29 is 0 Å². The van der Waals surface area contributed by atoms with E-state index in [2.05, 4.69) is 0 Å². The monoisotopic (exact) mass is 214 g/mol. The summed E-state index contributed by atoms with van der Waals surface area (Å²) in [4.78, 5) is 11.7. The maximum absolute atomic E-state index is 11.7. The molecule has 0 aliphatic heterocycles. The average Bonchev–Trinajstić information content (AvgIpc) is 2.26. The Balaban J connectivity index is 2.42. The number of aryl methyl sites for hydroxylation is 1. The fourth-order valence-electron chi connectivity index (χ4n) is 1.67. The molecule has 3 heteroatoms. The van der Waals surface area contributed by atoms with E-state index in [1.54, 1.807) is 16.7 Å². The highest BCUT2D eigenvalue weighted by Crippen LogP contribution is 2.12. The van der Waals surface area contributed by atoms with E-state index >= 15 is 0 Å². The Kier molecular flexibility index (Phi) is 2.77. The van der Waals surface area contributed by atoms with Crippen molar-refractivity contribution in [1.29, 1.82) is 0 Å². The highest BCUT2D eigenvalue weighted by molar-refractivity contribution is 5.46. The third-order valence-electron chi connectivity index (χ3n) is 2.65. The molecule has 0 atom stereocenters. The summed E-state index contributed by atoms with van der Waals surface area (Å²) in [6.07, 6.45) is 0. The van der Waals surface area contributed by atoms with Crippen LogP contribution in [0, 0.1) is 6.92 Å². The molecule has 0 aliphatic rings. The molecule has 0 saturated carbocycles. The van der Waals surface area contributed by atoms with Crippen molar-refractivity contribution in [2.45, 2.75) is 13.5 Å². The van der Waals surface area contributed by atoms with E-state index in [1.165, 1.54) is 0 Å². The molecule has 0 fully saturated rings. The molecule has 82 valence electrons. The molecule has 2 rings (SSSR count). The van der Waals surface area contributed by atoms with Crippen LogP contribution < -0.4 is 11.3 Å². The molecule has 0 saturated heterocycles. The van der Waals surface area contributed by atoms with Crippen molar-refractivity contribution in [1.82, 2.24) is 4.57 Å². The summed E-state index contributed by atoms with van der Waals surface area (Å²) in [5.41, 5.74) is 8.49. The van der Waals surface area contributed by atoms with Gasteiger partial charge in [-0.25, -0.2) is 0 Å². The summed E-state index contributed by atoms with van der Waals surface area (Å²) in [7, 11) is 0. The van der Waals surface area contributed by atoms with Crippen LogP contribution in [0.4, 0.5) is 5.69 Å². The molecule has 1 aromatic carbocycles. The fourth-order valence-corrected chi connectivity index (χ4v) is 1.67. The third-order valence-corrected chi connectivity index (χ3v) is 2.65. The molecule has 2 N–H and O–H groups in total. The summed E-state index contributed by atoms with van der Waals surface area (Å²) in [5.74, 6) is 0. The molecule has 0 spiro atoms. The zero-order chi connectivity index (χ0) is 11.5. The van der Waals surface area contributed by atoms with Gasteiger partial charge in [0.25, 0.3) is 5.56 Å². The number of hydrogen-bond donors (Lipinski definition) is 1. The van der Waals surface area contributed by atoms with Crippen LogP contribution in [0.1, 0.15) is 11.3 Å². The van der Waals surface area contributed by atoms with Crippen LogP contribution in [0.5, 0.6) is 0 Å². The highest BCUT2D eigenvalue weighted by atomic mass is 16.1. The van der Waals surface area contributed by atoms with Crippen molar-refractivity contribution in [2.24, 2.45) is 0 Å². The van der Waals surface area contributed by atoms with Crippen molar-refractivity contribution >= 4 is 5.69 Å². The van der Waals surface area contributed by atoms with E-state index in [0.29, 0.717) is 6.54 Å². The zero-order valence-corrected chi connectivity index (χ0v) is 9.18. The minimum Gasteiger partial charge on any atom is -0.398 e. The average molecular weight is 214 g/mol. The normalized spacial score (nSPS) is 10.3. The van der Waals surface area contributed by atoms with Gasteiger partial charge in [-0.2, -0.15) is 0 Å². The van der Waals surface area contributed by atoms with Crippen molar-refractivity contribution in [3.63, 3.8) is 0 Å². The minimum atomic E-state index is 0.00301. The quantitative estimate of drug-likeness (QED) is 0.775. The number of pyridine rings is 1. The topological polar surface area (TPSA) is 48.0 Å². The molecule has 0 aliphatic carbocycles. The van der Waals surface area contributed by atoms with E-state index in [1.807, 2.05) is 37.3 Å². The highest BCUT2D eigenvalue weighted by Gasteiger charge is 2.02. The summed E-state index contributed by atoms with van der Waals surface area (Å²) in [6, 6.07) is 12.8. The first kappa shape index (κ1) is 10.5. The van der Waals surface area contributed by atoms with E-state index in [-0.39, 0.29) is 5.56 Å². The maximum Gasteiger partial charge on any atom is 0.251 e. The molecule has 0 unspecified atom stereocenters. The largest absolute Gasteiger partial charge is 0.398 e. The number of rotatable bonds is 2. The number of hydrogen-bond acceptors (Lipinski definition) is 2. The van der Waals surface area contributed by atoms with Gasteiger partial charge in [0.15, 0.2) is 0 Å². The number of anilines is 1. The SMILES string of the molecule is Cc1cccc(=O)n1Cc1ccccc1N. The van der Waals surface area contributed by atoms with Crippen LogP contribution in [-0.2, 0) is 6.54 Å². The van der Waals surface area contributed by atoms with Gasteiger partial charge in [-0.3, -0.25) is 4.79 Å². The van der Waals surface area contributed by atoms with E-state index in [4.69, 9.17) is 5.73 Å². The third kappa shape index (κ3) is 1.98. The van der Waals surface area contributed by atoms with Gasteiger partial charge < -0.3 is 10.3 Å². The van der Waals surface area contributed by atoms with Crippen LogP contribution in [0.2, 0.25) is 0 Å². The van der Waals surface area contributed by atoms with Gasteiger partial charge in [-0.15, -0.1) is 0 Å². The number of nitrogens with two attached hydrogens (primary N) is 1. The lowest BCUT2D eigenvalue weighted by Crippen LogP contribution is -2.21. The molecular weight excluding hydrogens is 200 g/mol. The van der Waals surface area contributed by atoms with Gasteiger partial charge in [0.2, 0.25) is 0 Å². The van der Waals surface area contributed by atoms with Crippen molar-refractivity contribution in [3.8, 4) is 0 Å². The second kappa shape index (κ2) is 4.23. The summed E-state index contributed by atoms with van der Waals surface area (Å²) >= 11 is 0. The minimum absolute atomic E-state index is 0.00301. The molecule has 0 radical (unpaired) electrons. The Morgan fingerprint density at radius 2 is 1.88 bits per heavy atom. The van der Waals surface area contributed by atoms with Gasteiger partial charge in [0, 0.05) is 17.4 Å². The molecule has 3 nitrogen and oxygen atoms in total. The van der Waals surface area contributed by atoms with Gasteiger partial charge in [-0.1, -0.05) is 24.3 Å². The predicted octanol–water partition coefficient (Wildman–Crippen LogP) is 1.79. The maximum atomic E-state index is 11.7. The fraction of sp³-hybridized carbons (Fsp3) is 0.154. The van der Waals surface area contributed by atoms with E-state index in [9.17, 15) is 4.79 Å². The summed E-state index contributed by atoms with van der Waals surface area (Å²) in [6.45, 7) is 2.44. The predicted molar refractivity (Wildman–Crippen MR) is 65.4 cm³/mol. The van der Waals surface area contributed by atoms with Crippen LogP contribution in [-0.4, -0.2) is 4.57 Å². The van der Waals surface area contributed by atoms with Crippen molar-refractivity contribution in [3.05, 3.63) is 64.1 Å². The lowest BCUT2D eigenvalue weighted by atomic mass is 10.2. The lowest BCUT2D eigenvalue weighted by molar-refractivity contribution is 0.731. The van der Waals surface area contributed by atoms with Gasteiger partial charge >= 0.3 is 0 Å². The summed E-state index contributed by atoms with van der Waals surface area (Å²) in [5, 5.41) is 0. The first-order valence-electron chi connectivity index (χ1n) is 5.18. The standard InChI is InChI=1S/C13H14N2O/c1-10-5-4-8-13(16)15(10)9-11-6-2-3-7-12(11)14/h2-8H,9,14H2,1H3. The molecule has 0 bridgehead atoms. The second-order valence-corrected chi connectivity index (χ2v) is 3.79. The van der Waals surface area contributed by atoms with Crippen LogP contribution >= 0.6 is 0 Å². The number of nitrogen functional groups attached to an aromatic ring is 1. The van der Waals surface area contributed by atoms with Gasteiger partial charge in [-0.05, 0) is 24.6 Å². The number of nitrogens with zero attached hydrogens (tertiary/aromatic N) is 1. The molecule has 1 heterocycles. The van der Waals surface area contributed by atoms with Gasteiger partial charge in [0.05, 0.1) is 6.54 Å². The Morgan fingerprint density at radius 3 is 2.56 bits per heavy atom. The van der Waals surface area contributed by atoms with E-state index in [0.717, 1.165) is 16.9 Å². The molecular formula is C13H14N2O. The number of para-hydroxylation sites is 1. The number of benzene rings is 1. The Bertz CT molecular complexity index is 558. The molecule has 2 aromatic rings. The molecule has 0 amide bonds. The molecule has 1 aromatic heterocycles. The first-order chi connectivity index (χ1) is 7.68. The summed E-state index contributed by atoms with van der Waals surface area (Å²) < 4.78 is 1.71. The lowest BCUT2D eigenvalue weighted by Gasteiger charge is -2.10. The zero-order valence-electron chi connectivity index (χ0n) is 9.18. The second-order valence-electron chi connectivity index (χ2n) is 3.79. The first-order valence-corrected chi connectivity index (χ1v) is 5.18. The Labute approximate surface area is 94.1 Å². The van der Waals surface area contributed by atoms with Crippen LogP contribution in [0.25, 0.3) is 0 Å². The van der Waals surface area contributed by atoms with Crippen LogP contribution in [0.15, 0.2) is 47.3 Å². The van der Waals surface area contributed by atoms with Crippen LogP contribution in [0.3, 0.4) is 0 Å². The molecule has 16 heavy (non-hydrogen) atoms.